The lowest BCUT2D eigenvalue weighted by Crippen LogP contribution is -2.12. The fraction of sp³-hybridized carbons (Fsp3) is 0.625. The summed E-state index contributed by atoms with van der Waals surface area (Å²) >= 11 is 0. The Bertz CT molecular complexity index is 393. The van der Waals surface area contributed by atoms with Gasteiger partial charge in [-0.25, -0.2) is 0 Å². The largest absolute Gasteiger partial charge is 0.399 e. The van der Waals surface area contributed by atoms with Gasteiger partial charge < -0.3 is 5.73 Å². The summed E-state index contributed by atoms with van der Waals surface area (Å²) in [5, 5.41) is 0. The van der Waals surface area contributed by atoms with Crippen molar-refractivity contribution in [2.75, 3.05) is 5.73 Å². The summed E-state index contributed by atoms with van der Waals surface area (Å²) in [4.78, 5) is 0. The van der Waals surface area contributed by atoms with Crippen LogP contribution >= 0.6 is 0 Å². The zero-order chi connectivity index (χ0) is 12.4. The second kappa shape index (κ2) is 5.12. The Labute approximate surface area is 105 Å². The third kappa shape index (κ3) is 2.83. The van der Waals surface area contributed by atoms with E-state index in [9.17, 15) is 0 Å². The molecule has 1 unspecified atom stereocenters. The van der Waals surface area contributed by atoms with Gasteiger partial charge in [0, 0.05) is 5.69 Å². The molecule has 1 aromatic rings. The number of benzene rings is 1. The molecule has 1 aliphatic rings. The van der Waals surface area contributed by atoms with E-state index in [1.54, 1.807) is 11.1 Å². The van der Waals surface area contributed by atoms with Crippen LogP contribution in [0.3, 0.4) is 0 Å². The second-order valence-electron chi connectivity index (χ2n) is 5.97. The van der Waals surface area contributed by atoms with E-state index in [4.69, 9.17) is 5.73 Å². The summed E-state index contributed by atoms with van der Waals surface area (Å²) in [6.45, 7) is 6.74. The van der Waals surface area contributed by atoms with Crippen molar-refractivity contribution in [1.82, 2.24) is 0 Å². The van der Waals surface area contributed by atoms with E-state index in [0.717, 1.165) is 17.5 Å². The number of anilines is 1. The lowest BCUT2D eigenvalue weighted by atomic mass is 9.79. The molecule has 0 fully saturated rings. The maximum Gasteiger partial charge on any atom is 0.0346 e. The standard InChI is InChI=1S/C16H25N/c1-11(2)7-8-13-5-4-6-14-9-12(3)16(17)10-15(13)14/h9-11,13H,4-8,17H2,1-3H3. The van der Waals surface area contributed by atoms with Crippen LogP contribution in [0.5, 0.6) is 0 Å². The van der Waals surface area contributed by atoms with Gasteiger partial charge in [-0.1, -0.05) is 26.3 Å². The molecule has 0 amide bonds. The SMILES string of the molecule is Cc1cc2c(cc1N)C(CCC(C)C)CCC2. The molecule has 2 rings (SSSR count). The molecule has 0 aromatic heterocycles. The highest BCUT2D eigenvalue weighted by Crippen LogP contribution is 2.37. The maximum absolute atomic E-state index is 6.06. The Kier molecular flexibility index (Phi) is 3.76. The minimum absolute atomic E-state index is 0.754. The number of fused-ring (bicyclic) bond motifs is 1. The van der Waals surface area contributed by atoms with Crippen molar-refractivity contribution in [3.05, 3.63) is 28.8 Å². The van der Waals surface area contributed by atoms with Crippen molar-refractivity contribution in [1.29, 1.82) is 0 Å². The van der Waals surface area contributed by atoms with Gasteiger partial charge in [-0.05, 0) is 67.2 Å². The van der Waals surface area contributed by atoms with E-state index in [0.29, 0.717) is 0 Å². The molecule has 0 heterocycles. The monoisotopic (exact) mass is 231 g/mol. The molecule has 1 heteroatoms. The molecule has 94 valence electrons. The summed E-state index contributed by atoms with van der Waals surface area (Å²) in [7, 11) is 0. The highest BCUT2D eigenvalue weighted by Gasteiger charge is 2.21. The predicted octanol–water partition coefficient (Wildman–Crippen LogP) is 4.43. The molecule has 1 atom stereocenters. The third-order valence-electron chi connectivity index (χ3n) is 4.06. The number of aryl methyl sites for hydroxylation is 2. The molecule has 0 bridgehead atoms. The summed E-state index contributed by atoms with van der Waals surface area (Å²) in [6, 6.07) is 4.56. The molecular formula is C16H25N. The smallest absolute Gasteiger partial charge is 0.0346 e. The summed E-state index contributed by atoms with van der Waals surface area (Å²) < 4.78 is 0. The molecule has 1 aliphatic carbocycles. The zero-order valence-corrected chi connectivity index (χ0v) is 11.4. The maximum atomic E-state index is 6.06. The minimum Gasteiger partial charge on any atom is -0.399 e. The van der Waals surface area contributed by atoms with Crippen molar-refractivity contribution in [2.45, 2.75) is 58.8 Å². The number of nitrogen functional groups attached to an aromatic ring is 1. The Morgan fingerprint density at radius 3 is 2.82 bits per heavy atom. The van der Waals surface area contributed by atoms with Crippen molar-refractivity contribution in [3.8, 4) is 0 Å². The van der Waals surface area contributed by atoms with Crippen LogP contribution in [0.4, 0.5) is 5.69 Å². The van der Waals surface area contributed by atoms with E-state index in [-0.39, 0.29) is 0 Å². The number of rotatable bonds is 3. The summed E-state index contributed by atoms with van der Waals surface area (Å²) in [6.07, 6.45) is 6.60. The molecule has 0 saturated carbocycles. The molecule has 17 heavy (non-hydrogen) atoms. The van der Waals surface area contributed by atoms with Gasteiger partial charge in [0.05, 0.1) is 0 Å². The average Bonchev–Trinajstić information content (AvgIpc) is 2.28. The topological polar surface area (TPSA) is 26.0 Å². The molecule has 0 aliphatic heterocycles. The van der Waals surface area contributed by atoms with Gasteiger partial charge >= 0.3 is 0 Å². The summed E-state index contributed by atoms with van der Waals surface area (Å²) in [5.41, 5.74) is 11.4. The molecule has 0 saturated heterocycles. The third-order valence-corrected chi connectivity index (χ3v) is 4.06. The van der Waals surface area contributed by atoms with Crippen molar-refractivity contribution < 1.29 is 0 Å². The van der Waals surface area contributed by atoms with Crippen molar-refractivity contribution in [2.24, 2.45) is 5.92 Å². The van der Waals surface area contributed by atoms with Crippen LogP contribution in [-0.4, -0.2) is 0 Å². The highest BCUT2D eigenvalue weighted by atomic mass is 14.6. The Hall–Kier alpha value is -0.980. The van der Waals surface area contributed by atoms with Crippen LogP contribution < -0.4 is 5.73 Å². The average molecular weight is 231 g/mol. The fourth-order valence-corrected chi connectivity index (χ4v) is 2.93. The number of hydrogen-bond acceptors (Lipinski definition) is 1. The van der Waals surface area contributed by atoms with Gasteiger partial charge in [-0.2, -0.15) is 0 Å². The van der Waals surface area contributed by atoms with Gasteiger partial charge in [-0.3, -0.25) is 0 Å². The summed E-state index contributed by atoms with van der Waals surface area (Å²) in [5.74, 6) is 1.56. The Morgan fingerprint density at radius 2 is 2.12 bits per heavy atom. The first-order valence-corrected chi connectivity index (χ1v) is 6.97. The van der Waals surface area contributed by atoms with Crippen LogP contribution in [0.15, 0.2) is 12.1 Å². The van der Waals surface area contributed by atoms with Crippen LogP contribution in [0.1, 0.15) is 62.1 Å². The lowest BCUT2D eigenvalue weighted by Gasteiger charge is -2.27. The Balaban J connectivity index is 2.21. The van der Waals surface area contributed by atoms with E-state index in [2.05, 4.69) is 32.9 Å². The predicted molar refractivity (Wildman–Crippen MR) is 75.3 cm³/mol. The van der Waals surface area contributed by atoms with Crippen LogP contribution in [0.2, 0.25) is 0 Å². The fourth-order valence-electron chi connectivity index (χ4n) is 2.93. The van der Waals surface area contributed by atoms with Gasteiger partial charge in [0.15, 0.2) is 0 Å². The normalized spacial score (nSPS) is 19.4. The first-order chi connectivity index (χ1) is 8.08. The zero-order valence-electron chi connectivity index (χ0n) is 11.4. The second-order valence-corrected chi connectivity index (χ2v) is 5.97. The molecule has 0 radical (unpaired) electrons. The first-order valence-electron chi connectivity index (χ1n) is 6.97. The Morgan fingerprint density at radius 1 is 1.35 bits per heavy atom. The number of nitrogens with two attached hydrogens (primary N) is 1. The van der Waals surface area contributed by atoms with Crippen molar-refractivity contribution in [3.63, 3.8) is 0 Å². The van der Waals surface area contributed by atoms with Crippen LogP contribution in [0.25, 0.3) is 0 Å². The molecule has 1 nitrogen and oxygen atoms in total. The number of hydrogen-bond donors (Lipinski definition) is 1. The molecule has 0 spiro atoms. The molecular weight excluding hydrogens is 206 g/mol. The quantitative estimate of drug-likeness (QED) is 0.765. The van der Waals surface area contributed by atoms with Crippen LogP contribution in [0, 0.1) is 12.8 Å². The minimum atomic E-state index is 0.754. The molecule has 1 aromatic carbocycles. The van der Waals surface area contributed by atoms with Gasteiger partial charge in [0.25, 0.3) is 0 Å². The van der Waals surface area contributed by atoms with E-state index in [1.807, 2.05) is 0 Å². The molecule has 2 N–H and O–H groups in total. The van der Waals surface area contributed by atoms with Gasteiger partial charge in [0.2, 0.25) is 0 Å². The first kappa shape index (κ1) is 12.5. The van der Waals surface area contributed by atoms with Crippen molar-refractivity contribution >= 4 is 5.69 Å². The van der Waals surface area contributed by atoms with E-state index < -0.39 is 0 Å². The van der Waals surface area contributed by atoms with Gasteiger partial charge in [0.1, 0.15) is 0 Å². The van der Waals surface area contributed by atoms with E-state index >= 15 is 0 Å². The van der Waals surface area contributed by atoms with Gasteiger partial charge in [-0.15, -0.1) is 0 Å². The van der Waals surface area contributed by atoms with Crippen LogP contribution in [-0.2, 0) is 6.42 Å². The van der Waals surface area contributed by atoms with E-state index in [1.165, 1.54) is 37.7 Å². The highest BCUT2D eigenvalue weighted by molar-refractivity contribution is 5.53. The lowest BCUT2D eigenvalue weighted by molar-refractivity contribution is 0.456.